The molecule has 1 aromatic rings. The average molecular weight is 240 g/mol. The first-order valence-corrected chi connectivity index (χ1v) is 5.92. The molecule has 2 amide bonds. The van der Waals surface area contributed by atoms with Gasteiger partial charge in [0.2, 0.25) is 5.91 Å². The Bertz CT molecular complexity index is 399. The molecule has 0 radical (unpaired) electrons. The van der Waals surface area contributed by atoms with Crippen LogP contribution in [0.25, 0.3) is 0 Å². The Hall–Kier alpha value is -1.36. The molecule has 0 saturated heterocycles. The van der Waals surface area contributed by atoms with E-state index in [-0.39, 0.29) is 11.8 Å². The van der Waals surface area contributed by atoms with Crippen LogP contribution >= 0.6 is 11.3 Å². The molecule has 0 atom stereocenters. The van der Waals surface area contributed by atoms with E-state index in [1.165, 1.54) is 6.92 Å². The summed E-state index contributed by atoms with van der Waals surface area (Å²) in [7, 11) is 0. The van der Waals surface area contributed by atoms with Gasteiger partial charge in [-0.05, 0) is 19.9 Å². The normalized spacial score (nSPS) is 9.94. The van der Waals surface area contributed by atoms with E-state index < -0.39 is 0 Å². The summed E-state index contributed by atoms with van der Waals surface area (Å²) in [5.74, 6) is -0.163. The molecule has 88 valence electrons. The van der Waals surface area contributed by atoms with Crippen LogP contribution in [-0.4, -0.2) is 24.9 Å². The van der Waals surface area contributed by atoms with Crippen molar-refractivity contribution in [2.75, 3.05) is 13.1 Å². The minimum atomic E-state index is -0.0863. The van der Waals surface area contributed by atoms with Gasteiger partial charge in [-0.1, -0.05) is 0 Å². The number of aryl methyl sites for hydroxylation is 2. The molecule has 0 aliphatic heterocycles. The summed E-state index contributed by atoms with van der Waals surface area (Å²) in [6.45, 7) is 6.27. The summed E-state index contributed by atoms with van der Waals surface area (Å²) >= 11 is 1.61. The topological polar surface area (TPSA) is 58.2 Å². The highest BCUT2D eigenvalue weighted by Gasteiger charge is 2.10. The van der Waals surface area contributed by atoms with Gasteiger partial charge in [-0.2, -0.15) is 0 Å². The van der Waals surface area contributed by atoms with Crippen LogP contribution in [0.5, 0.6) is 0 Å². The summed E-state index contributed by atoms with van der Waals surface area (Å²) in [5.41, 5.74) is 0.727. The summed E-state index contributed by atoms with van der Waals surface area (Å²) in [4.78, 5) is 24.5. The Morgan fingerprint density at radius 1 is 1.25 bits per heavy atom. The maximum absolute atomic E-state index is 11.7. The smallest absolute Gasteiger partial charge is 0.252 e. The van der Waals surface area contributed by atoms with Crippen molar-refractivity contribution in [3.05, 3.63) is 21.4 Å². The third-order valence-corrected chi connectivity index (χ3v) is 3.04. The van der Waals surface area contributed by atoms with E-state index in [4.69, 9.17) is 0 Å². The lowest BCUT2D eigenvalue weighted by Gasteiger charge is -2.04. The van der Waals surface area contributed by atoms with Gasteiger partial charge in [-0.25, -0.2) is 0 Å². The molecule has 0 aliphatic rings. The van der Waals surface area contributed by atoms with Gasteiger partial charge < -0.3 is 10.6 Å². The largest absolute Gasteiger partial charge is 0.355 e. The molecule has 5 heteroatoms. The van der Waals surface area contributed by atoms with E-state index in [1.54, 1.807) is 11.3 Å². The second kappa shape index (κ2) is 5.65. The quantitative estimate of drug-likeness (QED) is 0.778. The molecule has 0 saturated carbocycles. The van der Waals surface area contributed by atoms with Crippen molar-refractivity contribution in [2.45, 2.75) is 20.8 Å². The lowest BCUT2D eigenvalue weighted by molar-refractivity contribution is -0.118. The van der Waals surface area contributed by atoms with Crippen LogP contribution in [-0.2, 0) is 4.79 Å². The van der Waals surface area contributed by atoms with Crippen LogP contribution in [0, 0.1) is 13.8 Å². The van der Waals surface area contributed by atoms with Crippen molar-refractivity contribution >= 4 is 23.2 Å². The highest BCUT2D eigenvalue weighted by Crippen LogP contribution is 2.20. The van der Waals surface area contributed by atoms with Crippen LogP contribution in [0.3, 0.4) is 0 Å². The number of thiophene rings is 1. The minimum Gasteiger partial charge on any atom is -0.355 e. The van der Waals surface area contributed by atoms with Crippen molar-refractivity contribution in [2.24, 2.45) is 0 Å². The molecule has 0 aromatic carbocycles. The van der Waals surface area contributed by atoms with E-state index in [0.717, 1.165) is 15.3 Å². The summed E-state index contributed by atoms with van der Waals surface area (Å²) in [6.07, 6.45) is 0. The van der Waals surface area contributed by atoms with Gasteiger partial charge >= 0.3 is 0 Å². The predicted octanol–water partition coefficient (Wildman–Crippen LogP) is 1.23. The maximum Gasteiger partial charge on any atom is 0.252 e. The second-order valence-electron chi connectivity index (χ2n) is 3.57. The van der Waals surface area contributed by atoms with Gasteiger partial charge in [0.15, 0.2) is 0 Å². The predicted molar refractivity (Wildman–Crippen MR) is 64.8 cm³/mol. The molecule has 16 heavy (non-hydrogen) atoms. The van der Waals surface area contributed by atoms with E-state index in [1.807, 2.05) is 19.9 Å². The summed E-state index contributed by atoms with van der Waals surface area (Å²) < 4.78 is 0. The van der Waals surface area contributed by atoms with E-state index in [9.17, 15) is 9.59 Å². The van der Waals surface area contributed by atoms with Gasteiger partial charge in [0.25, 0.3) is 5.91 Å². The first-order chi connectivity index (χ1) is 7.50. The van der Waals surface area contributed by atoms with Crippen molar-refractivity contribution in [3.8, 4) is 0 Å². The van der Waals surface area contributed by atoms with Gasteiger partial charge in [0.1, 0.15) is 0 Å². The van der Waals surface area contributed by atoms with Crippen LogP contribution in [0.1, 0.15) is 27.0 Å². The Labute approximate surface area is 99.0 Å². The van der Waals surface area contributed by atoms with Crippen molar-refractivity contribution < 1.29 is 9.59 Å². The number of hydrogen-bond donors (Lipinski definition) is 2. The van der Waals surface area contributed by atoms with Crippen LogP contribution in [0.15, 0.2) is 6.07 Å². The molecule has 0 fully saturated rings. The van der Waals surface area contributed by atoms with E-state index >= 15 is 0 Å². The van der Waals surface area contributed by atoms with Crippen molar-refractivity contribution in [1.29, 1.82) is 0 Å². The van der Waals surface area contributed by atoms with Gasteiger partial charge in [0, 0.05) is 29.8 Å². The number of nitrogens with one attached hydrogen (secondary N) is 2. The maximum atomic E-state index is 11.7. The molecule has 1 rings (SSSR count). The minimum absolute atomic E-state index is 0.0767. The van der Waals surface area contributed by atoms with Crippen molar-refractivity contribution in [3.63, 3.8) is 0 Å². The first kappa shape index (κ1) is 12.7. The Kier molecular flexibility index (Phi) is 4.49. The number of rotatable bonds is 4. The van der Waals surface area contributed by atoms with E-state index in [2.05, 4.69) is 10.6 Å². The van der Waals surface area contributed by atoms with Crippen LogP contribution in [0.2, 0.25) is 0 Å². The number of carbonyl (C=O) groups is 2. The number of amides is 2. The summed E-state index contributed by atoms with van der Waals surface area (Å²) in [6, 6.07) is 1.88. The molecule has 1 aromatic heterocycles. The molecule has 1 heterocycles. The molecule has 0 unspecified atom stereocenters. The zero-order chi connectivity index (χ0) is 12.1. The van der Waals surface area contributed by atoms with Crippen LogP contribution in [0.4, 0.5) is 0 Å². The fourth-order valence-corrected chi connectivity index (χ4v) is 2.29. The number of carbonyl (C=O) groups excluding carboxylic acids is 2. The fourth-order valence-electron chi connectivity index (χ4n) is 1.37. The second-order valence-corrected chi connectivity index (χ2v) is 5.03. The Morgan fingerprint density at radius 2 is 1.88 bits per heavy atom. The zero-order valence-corrected chi connectivity index (χ0v) is 10.5. The average Bonchev–Trinajstić information content (AvgIpc) is 2.52. The Morgan fingerprint density at radius 3 is 2.38 bits per heavy atom. The summed E-state index contributed by atoms with van der Waals surface area (Å²) in [5, 5.41) is 5.38. The fraction of sp³-hybridized carbons (Fsp3) is 0.455. The molecule has 0 aliphatic carbocycles. The highest BCUT2D eigenvalue weighted by atomic mass is 32.1. The molecular formula is C11H16N2O2S. The first-order valence-electron chi connectivity index (χ1n) is 5.10. The zero-order valence-electron chi connectivity index (χ0n) is 9.72. The molecule has 4 nitrogen and oxygen atoms in total. The highest BCUT2D eigenvalue weighted by molar-refractivity contribution is 7.12. The lowest BCUT2D eigenvalue weighted by atomic mass is 10.2. The molecule has 0 bridgehead atoms. The SMILES string of the molecule is CC(=O)NCCNC(=O)c1cc(C)sc1C. The van der Waals surface area contributed by atoms with Gasteiger partial charge in [-0.15, -0.1) is 11.3 Å². The van der Waals surface area contributed by atoms with Gasteiger partial charge in [0.05, 0.1) is 5.56 Å². The molecule has 2 N–H and O–H groups in total. The monoisotopic (exact) mass is 240 g/mol. The standard InChI is InChI=1S/C11H16N2O2S/c1-7-6-10(8(2)16-7)11(15)13-5-4-12-9(3)14/h6H,4-5H2,1-3H3,(H,12,14)(H,13,15). The molecular weight excluding hydrogens is 224 g/mol. The number of hydrogen-bond acceptors (Lipinski definition) is 3. The third kappa shape index (κ3) is 3.66. The Balaban J connectivity index is 2.41. The molecule has 0 spiro atoms. The third-order valence-electron chi connectivity index (χ3n) is 2.07. The van der Waals surface area contributed by atoms with E-state index in [0.29, 0.717) is 13.1 Å². The lowest BCUT2D eigenvalue weighted by Crippen LogP contribution is -2.33. The van der Waals surface area contributed by atoms with Gasteiger partial charge in [-0.3, -0.25) is 9.59 Å². The van der Waals surface area contributed by atoms with Crippen LogP contribution < -0.4 is 10.6 Å². The van der Waals surface area contributed by atoms with Crippen molar-refractivity contribution in [1.82, 2.24) is 10.6 Å².